The number of fused-ring (bicyclic) bond motifs is 3. The van der Waals surface area contributed by atoms with Crippen molar-refractivity contribution < 1.29 is 18.7 Å². The van der Waals surface area contributed by atoms with Crippen molar-refractivity contribution in [1.29, 1.82) is 5.26 Å². The summed E-state index contributed by atoms with van der Waals surface area (Å²) in [7, 11) is 0. The summed E-state index contributed by atoms with van der Waals surface area (Å²) in [5.74, 6) is -1.62. The molecule has 140 valence electrons. The molecule has 2 unspecified atom stereocenters. The quantitative estimate of drug-likeness (QED) is 0.514. The maximum Gasteiger partial charge on any atom is 0.366 e. The number of ether oxygens (including phenoxy) is 2. The average Bonchev–Trinajstić information content (AvgIpc) is 3.06. The Hall–Kier alpha value is -3.59. The summed E-state index contributed by atoms with van der Waals surface area (Å²) in [4.78, 5) is 25.9. The van der Waals surface area contributed by atoms with E-state index in [4.69, 9.17) is 13.9 Å². The van der Waals surface area contributed by atoms with E-state index in [0.29, 0.717) is 16.5 Å². The topological polar surface area (TPSA) is 89.5 Å². The molecule has 0 amide bonds. The predicted molar refractivity (Wildman–Crippen MR) is 101 cm³/mol. The third-order valence-corrected chi connectivity index (χ3v) is 4.70. The molecule has 6 nitrogen and oxygen atoms in total. The van der Waals surface area contributed by atoms with Gasteiger partial charge in [0.05, 0.1) is 23.0 Å². The highest BCUT2D eigenvalue weighted by Gasteiger charge is 2.59. The molecule has 0 spiro atoms. The molecule has 0 saturated heterocycles. The molecule has 6 heteroatoms. The standard InChI is InChI=1S/C22H17NO5/c1-13(2)26-21(25)22(12-23)18(14-8-4-3-5-9-14)17-19(28-22)15-10-6-7-11-16(15)27-20(17)24/h3-11,13,18H,1-2H3. The first-order valence-electron chi connectivity index (χ1n) is 8.90. The van der Waals surface area contributed by atoms with Crippen LogP contribution in [0.3, 0.4) is 0 Å². The Morgan fingerprint density at radius 3 is 2.50 bits per heavy atom. The van der Waals surface area contributed by atoms with E-state index < -0.39 is 29.2 Å². The maximum atomic E-state index is 13.0. The zero-order valence-corrected chi connectivity index (χ0v) is 15.3. The van der Waals surface area contributed by atoms with Crippen LogP contribution in [0.25, 0.3) is 11.0 Å². The SMILES string of the molecule is CC(C)OC(=O)C1(C#N)Oc2c(c(=O)oc3ccccc23)C1c1ccccc1. The van der Waals surface area contributed by atoms with Crippen molar-refractivity contribution >= 4 is 16.9 Å². The van der Waals surface area contributed by atoms with E-state index in [1.165, 1.54) is 0 Å². The Balaban J connectivity index is 2.04. The molecule has 2 aromatic carbocycles. The first-order valence-corrected chi connectivity index (χ1v) is 8.90. The first-order chi connectivity index (χ1) is 13.5. The molecule has 3 aromatic rings. The van der Waals surface area contributed by atoms with Gasteiger partial charge in [-0.15, -0.1) is 0 Å². The maximum absolute atomic E-state index is 13.0. The summed E-state index contributed by atoms with van der Waals surface area (Å²) < 4.78 is 16.8. The van der Waals surface area contributed by atoms with Crippen LogP contribution in [-0.2, 0) is 9.53 Å². The van der Waals surface area contributed by atoms with Crippen LogP contribution in [0.1, 0.15) is 30.9 Å². The largest absolute Gasteiger partial charge is 0.459 e. The van der Waals surface area contributed by atoms with Gasteiger partial charge in [0.1, 0.15) is 17.4 Å². The number of esters is 1. The predicted octanol–water partition coefficient (Wildman–Crippen LogP) is 3.53. The fourth-order valence-electron chi connectivity index (χ4n) is 3.56. The fraction of sp³-hybridized carbons (Fsp3) is 0.227. The highest BCUT2D eigenvalue weighted by Crippen LogP contribution is 2.50. The number of rotatable bonds is 3. The zero-order valence-electron chi connectivity index (χ0n) is 15.3. The molecular weight excluding hydrogens is 358 g/mol. The second-order valence-electron chi connectivity index (χ2n) is 6.88. The van der Waals surface area contributed by atoms with Gasteiger partial charge in [-0.25, -0.2) is 9.59 Å². The lowest BCUT2D eigenvalue weighted by molar-refractivity contribution is -0.160. The van der Waals surface area contributed by atoms with Crippen LogP contribution in [0.5, 0.6) is 5.75 Å². The van der Waals surface area contributed by atoms with Gasteiger partial charge in [-0.3, -0.25) is 0 Å². The van der Waals surface area contributed by atoms with Gasteiger partial charge in [0.25, 0.3) is 0 Å². The monoisotopic (exact) mass is 375 g/mol. The van der Waals surface area contributed by atoms with Crippen molar-refractivity contribution in [3.63, 3.8) is 0 Å². The van der Waals surface area contributed by atoms with E-state index in [1.807, 2.05) is 12.1 Å². The minimum Gasteiger partial charge on any atom is -0.459 e. The van der Waals surface area contributed by atoms with Gasteiger partial charge in [0, 0.05) is 0 Å². The second kappa shape index (κ2) is 6.54. The molecule has 28 heavy (non-hydrogen) atoms. The molecule has 0 bridgehead atoms. The third-order valence-electron chi connectivity index (χ3n) is 4.70. The molecule has 0 fully saturated rings. The van der Waals surface area contributed by atoms with E-state index in [-0.39, 0.29) is 11.3 Å². The Kier molecular flexibility index (Phi) is 4.16. The van der Waals surface area contributed by atoms with Gasteiger partial charge in [-0.05, 0) is 31.5 Å². The number of benzene rings is 2. The van der Waals surface area contributed by atoms with E-state index in [1.54, 1.807) is 62.4 Å². The summed E-state index contributed by atoms with van der Waals surface area (Å²) in [6.45, 7) is 3.37. The molecule has 1 aromatic heterocycles. The van der Waals surface area contributed by atoms with Crippen LogP contribution < -0.4 is 10.4 Å². The number of para-hydroxylation sites is 1. The minimum absolute atomic E-state index is 0.146. The van der Waals surface area contributed by atoms with Crippen LogP contribution in [0.2, 0.25) is 0 Å². The number of hydrogen-bond acceptors (Lipinski definition) is 6. The summed E-state index contributed by atoms with van der Waals surface area (Å²) in [6, 6.07) is 17.7. The molecule has 0 N–H and O–H groups in total. The van der Waals surface area contributed by atoms with Crippen molar-refractivity contribution in [2.45, 2.75) is 31.5 Å². The third kappa shape index (κ3) is 2.55. The van der Waals surface area contributed by atoms with Crippen LogP contribution in [0, 0.1) is 11.3 Å². The Labute approximate surface area is 160 Å². The Morgan fingerprint density at radius 2 is 1.82 bits per heavy atom. The van der Waals surface area contributed by atoms with Crippen LogP contribution in [0.4, 0.5) is 0 Å². The van der Waals surface area contributed by atoms with Gasteiger partial charge < -0.3 is 13.9 Å². The van der Waals surface area contributed by atoms with Crippen molar-refractivity contribution in [2.24, 2.45) is 0 Å². The first kappa shape index (κ1) is 17.8. The molecule has 2 heterocycles. The molecule has 0 saturated carbocycles. The van der Waals surface area contributed by atoms with Crippen molar-refractivity contribution in [2.75, 3.05) is 0 Å². The van der Waals surface area contributed by atoms with E-state index in [0.717, 1.165) is 0 Å². The fourth-order valence-corrected chi connectivity index (χ4v) is 3.56. The number of carbonyl (C=O) groups is 1. The molecule has 0 radical (unpaired) electrons. The normalized spacial score (nSPS) is 20.4. The highest BCUT2D eigenvalue weighted by molar-refractivity contribution is 5.92. The zero-order chi connectivity index (χ0) is 19.9. The molecular formula is C22H17NO5. The smallest absolute Gasteiger partial charge is 0.366 e. The summed E-state index contributed by atoms with van der Waals surface area (Å²) >= 11 is 0. The number of carbonyl (C=O) groups excluding carboxylic acids is 1. The minimum atomic E-state index is -2.02. The van der Waals surface area contributed by atoms with Gasteiger partial charge in [-0.1, -0.05) is 42.5 Å². The van der Waals surface area contributed by atoms with Gasteiger partial charge in [0.15, 0.2) is 0 Å². The molecule has 2 atom stereocenters. The lowest BCUT2D eigenvalue weighted by Gasteiger charge is -2.26. The molecule has 1 aliphatic rings. The summed E-state index contributed by atoms with van der Waals surface area (Å²) in [5, 5.41) is 10.6. The van der Waals surface area contributed by atoms with Gasteiger partial charge in [0.2, 0.25) is 0 Å². The van der Waals surface area contributed by atoms with Crippen LogP contribution in [0.15, 0.2) is 63.8 Å². The van der Waals surface area contributed by atoms with E-state index in [9.17, 15) is 14.9 Å². The lowest BCUT2D eigenvalue weighted by Crippen LogP contribution is -2.47. The number of hydrogen-bond donors (Lipinski definition) is 0. The lowest BCUT2D eigenvalue weighted by atomic mass is 9.80. The highest BCUT2D eigenvalue weighted by atomic mass is 16.6. The summed E-state index contributed by atoms with van der Waals surface area (Å²) in [6.07, 6.45) is -0.449. The average molecular weight is 375 g/mol. The van der Waals surface area contributed by atoms with E-state index >= 15 is 0 Å². The Morgan fingerprint density at radius 1 is 1.14 bits per heavy atom. The van der Waals surface area contributed by atoms with Crippen molar-refractivity contribution in [3.8, 4) is 11.8 Å². The van der Waals surface area contributed by atoms with Crippen LogP contribution in [-0.4, -0.2) is 17.7 Å². The van der Waals surface area contributed by atoms with Crippen LogP contribution >= 0.6 is 0 Å². The van der Waals surface area contributed by atoms with Gasteiger partial charge >= 0.3 is 17.2 Å². The van der Waals surface area contributed by atoms with E-state index in [2.05, 4.69) is 0 Å². The number of nitriles is 1. The second-order valence-corrected chi connectivity index (χ2v) is 6.88. The van der Waals surface area contributed by atoms with Crippen molar-refractivity contribution in [1.82, 2.24) is 0 Å². The van der Waals surface area contributed by atoms with Crippen molar-refractivity contribution in [3.05, 3.63) is 76.1 Å². The number of nitrogens with zero attached hydrogens (tertiary/aromatic N) is 1. The summed E-state index contributed by atoms with van der Waals surface area (Å²) in [5.41, 5.74) is -1.61. The molecule has 1 aliphatic heterocycles. The molecule has 0 aliphatic carbocycles. The molecule has 4 rings (SSSR count). The van der Waals surface area contributed by atoms with Gasteiger partial charge in [-0.2, -0.15) is 5.26 Å². The Bertz CT molecular complexity index is 1160.